The van der Waals surface area contributed by atoms with E-state index < -0.39 is 11.9 Å². The Hall–Kier alpha value is -3.35. The second-order valence-corrected chi connectivity index (χ2v) is 4.72. The van der Waals surface area contributed by atoms with E-state index in [1.54, 1.807) is 24.3 Å². The van der Waals surface area contributed by atoms with Crippen molar-refractivity contribution in [3.63, 3.8) is 0 Å². The van der Waals surface area contributed by atoms with Gasteiger partial charge in [0.05, 0.1) is 17.6 Å². The van der Waals surface area contributed by atoms with Gasteiger partial charge in [0.15, 0.2) is 0 Å². The van der Waals surface area contributed by atoms with E-state index in [1.165, 1.54) is 30.9 Å². The SMILES string of the molecule is Nc1ccc(-c2ccc(F)nc2)cc1NC(=O)c1cnccn1. The molecule has 0 saturated heterocycles. The third kappa shape index (κ3) is 3.29. The highest BCUT2D eigenvalue weighted by atomic mass is 19.1. The molecule has 1 amide bonds. The number of amides is 1. The van der Waals surface area contributed by atoms with Crippen LogP contribution in [-0.4, -0.2) is 20.9 Å². The van der Waals surface area contributed by atoms with Crippen LogP contribution >= 0.6 is 0 Å². The third-order valence-corrected chi connectivity index (χ3v) is 3.16. The highest BCUT2D eigenvalue weighted by Crippen LogP contribution is 2.27. The second kappa shape index (κ2) is 6.18. The van der Waals surface area contributed by atoms with Gasteiger partial charge in [-0.25, -0.2) is 9.97 Å². The molecule has 0 fully saturated rings. The number of aromatic nitrogens is 3. The molecule has 3 rings (SSSR count). The summed E-state index contributed by atoms with van der Waals surface area (Å²) in [5, 5.41) is 2.69. The van der Waals surface area contributed by atoms with Gasteiger partial charge in [-0.2, -0.15) is 4.39 Å². The van der Waals surface area contributed by atoms with Crippen molar-refractivity contribution in [2.75, 3.05) is 11.1 Å². The average Bonchev–Trinajstić information content (AvgIpc) is 2.58. The number of nitrogens with one attached hydrogen (secondary N) is 1. The van der Waals surface area contributed by atoms with E-state index in [0.29, 0.717) is 16.9 Å². The van der Waals surface area contributed by atoms with Crippen LogP contribution in [0, 0.1) is 5.95 Å². The number of carbonyl (C=O) groups is 1. The number of rotatable bonds is 3. The number of hydrogen-bond donors (Lipinski definition) is 2. The van der Waals surface area contributed by atoms with Crippen LogP contribution in [0.25, 0.3) is 11.1 Å². The van der Waals surface area contributed by atoms with Gasteiger partial charge < -0.3 is 11.1 Å². The Morgan fingerprint density at radius 2 is 1.87 bits per heavy atom. The number of pyridine rings is 1. The van der Waals surface area contributed by atoms with E-state index >= 15 is 0 Å². The van der Waals surface area contributed by atoms with Gasteiger partial charge >= 0.3 is 0 Å². The predicted octanol–water partition coefficient (Wildman–Crippen LogP) is 2.51. The van der Waals surface area contributed by atoms with Gasteiger partial charge in [0.25, 0.3) is 5.91 Å². The maximum Gasteiger partial charge on any atom is 0.275 e. The molecule has 6 nitrogen and oxygen atoms in total. The molecule has 0 aliphatic heterocycles. The van der Waals surface area contributed by atoms with E-state index in [2.05, 4.69) is 20.3 Å². The first-order valence-corrected chi connectivity index (χ1v) is 6.72. The maximum atomic E-state index is 12.9. The van der Waals surface area contributed by atoms with Gasteiger partial charge in [0.1, 0.15) is 5.69 Å². The van der Waals surface area contributed by atoms with Crippen molar-refractivity contribution in [1.82, 2.24) is 15.0 Å². The first-order chi connectivity index (χ1) is 11.1. The van der Waals surface area contributed by atoms with Gasteiger partial charge in [0, 0.05) is 24.2 Å². The minimum absolute atomic E-state index is 0.181. The summed E-state index contributed by atoms with van der Waals surface area (Å²) in [6.07, 6.45) is 5.68. The highest BCUT2D eigenvalue weighted by Gasteiger charge is 2.10. The van der Waals surface area contributed by atoms with Crippen LogP contribution < -0.4 is 11.1 Å². The summed E-state index contributed by atoms with van der Waals surface area (Å²) in [5.41, 5.74) is 8.37. The minimum Gasteiger partial charge on any atom is -0.397 e. The lowest BCUT2D eigenvalue weighted by Crippen LogP contribution is -2.15. The number of benzene rings is 1. The van der Waals surface area contributed by atoms with Gasteiger partial charge in [-0.15, -0.1) is 0 Å². The second-order valence-electron chi connectivity index (χ2n) is 4.72. The number of nitrogens with zero attached hydrogens (tertiary/aromatic N) is 3. The third-order valence-electron chi connectivity index (χ3n) is 3.16. The standard InChI is InChI=1S/C16H12FN5O/c17-15-4-2-11(8-21-15)10-1-3-12(18)13(7-10)22-16(23)14-9-19-5-6-20-14/h1-9H,18H2,(H,22,23). The number of hydrogen-bond acceptors (Lipinski definition) is 5. The summed E-state index contributed by atoms with van der Waals surface area (Å²) in [6, 6.07) is 7.98. The molecule has 114 valence electrons. The molecule has 0 radical (unpaired) electrons. The zero-order valence-electron chi connectivity index (χ0n) is 11.9. The van der Waals surface area contributed by atoms with E-state index in [0.717, 1.165) is 5.56 Å². The van der Waals surface area contributed by atoms with Crippen molar-refractivity contribution < 1.29 is 9.18 Å². The lowest BCUT2D eigenvalue weighted by Gasteiger charge is -2.10. The van der Waals surface area contributed by atoms with E-state index in [-0.39, 0.29) is 5.69 Å². The fraction of sp³-hybridized carbons (Fsp3) is 0. The van der Waals surface area contributed by atoms with Crippen LogP contribution in [0.2, 0.25) is 0 Å². The molecule has 0 spiro atoms. The Morgan fingerprint density at radius 3 is 2.57 bits per heavy atom. The van der Waals surface area contributed by atoms with Crippen molar-refractivity contribution in [2.45, 2.75) is 0 Å². The molecular formula is C16H12FN5O. The number of nitrogen functional groups attached to an aromatic ring is 1. The molecule has 0 aliphatic rings. The molecule has 0 atom stereocenters. The fourth-order valence-corrected chi connectivity index (χ4v) is 1.99. The Labute approximate surface area is 131 Å². The zero-order chi connectivity index (χ0) is 16.2. The number of nitrogens with two attached hydrogens (primary N) is 1. The van der Waals surface area contributed by atoms with Crippen molar-refractivity contribution in [3.8, 4) is 11.1 Å². The zero-order valence-corrected chi connectivity index (χ0v) is 11.9. The van der Waals surface area contributed by atoms with Crippen LogP contribution in [0.5, 0.6) is 0 Å². The summed E-state index contributed by atoms with van der Waals surface area (Å²) in [4.78, 5) is 23.5. The average molecular weight is 309 g/mol. The normalized spacial score (nSPS) is 10.3. The molecule has 3 N–H and O–H groups in total. The Balaban J connectivity index is 1.89. The summed E-state index contributed by atoms with van der Waals surface area (Å²) < 4.78 is 12.9. The summed E-state index contributed by atoms with van der Waals surface area (Å²) in [5.74, 6) is -0.973. The Morgan fingerprint density at radius 1 is 1.04 bits per heavy atom. The van der Waals surface area contributed by atoms with Crippen LogP contribution in [0.15, 0.2) is 55.1 Å². The number of anilines is 2. The van der Waals surface area contributed by atoms with Crippen molar-refractivity contribution >= 4 is 17.3 Å². The van der Waals surface area contributed by atoms with E-state index in [4.69, 9.17) is 5.73 Å². The molecule has 3 aromatic rings. The Bertz CT molecular complexity index is 837. The van der Waals surface area contributed by atoms with Crippen LogP contribution in [0.3, 0.4) is 0 Å². The molecule has 0 saturated carbocycles. The van der Waals surface area contributed by atoms with Crippen LogP contribution in [-0.2, 0) is 0 Å². The first-order valence-electron chi connectivity index (χ1n) is 6.72. The van der Waals surface area contributed by atoms with Crippen molar-refractivity contribution in [1.29, 1.82) is 0 Å². The topological polar surface area (TPSA) is 93.8 Å². The van der Waals surface area contributed by atoms with Crippen LogP contribution in [0.1, 0.15) is 10.5 Å². The smallest absolute Gasteiger partial charge is 0.275 e. The van der Waals surface area contributed by atoms with E-state index in [1.807, 2.05) is 0 Å². The lowest BCUT2D eigenvalue weighted by molar-refractivity contribution is 0.102. The number of halogens is 1. The van der Waals surface area contributed by atoms with Gasteiger partial charge in [-0.3, -0.25) is 9.78 Å². The molecule has 0 aliphatic carbocycles. The van der Waals surface area contributed by atoms with Gasteiger partial charge in [0.2, 0.25) is 5.95 Å². The predicted molar refractivity (Wildman–Crippen MR) is 84.0 cm³/mol. The molecular weight excluding hydrogens is 297 g/mol. The molecule has 2 aromatic heterocycles. The lowest BCUT2D eigenvalue weighted by atomic mass is 10.1. The fourth-order valence-electron chi connectivity index (χ4n) is 1.99. The van der Waals surface area contributed by atoms with Crippen molar-refractivity contribution in [3.05, 3.63) is 66.8 Å². The highest BCUT2D eigenvalue weighted by molar-refractivity contribution is 6.04. The molecule has 7 heteroatoms. The monoisotopic (exact) mass is 309 g/mol. The summed E-state index contributed by atoms with van der Waals surface area (Å²) in [6.45, 7) is 0. The summed E-state index contributed by atoms with van der Waals surface area (Å²) >= 11 is 0. The molecule has 23 heavy (non-hydrogen) atoms. The van der Waals surface area contributed by atoms with E-state index in [9.17, 15) is 9.18 Å². The first kappa shape index (κ1) is 14.6. The minimum atomic E-state index is -0.555. The molecule has 1 aromatic carbocycles. The number of carbonyl (C=O) groups excluding carboxylic acids is 1. The Kier molecular flexibility index (Phi) is 3.92. The molecule has 0 unspecified atom stereocenters. The largest absolute Gasteiger partial charge is 0.397 e. The van der Waals surface area contributed by atoms with Gasteiger partial charge in [-0.1, -0.05) is 6.07 Å². The maximum absolute atomic E-state index is 12.9. The molecule has 2 heterocycles. The van der Waals surface area contributed by atoms with Crippen LogP contribution in [0.4, 0.5) is 15.8 Å². The quantitative estimate of drug-likeness (QED) is 0.572. The molecule has 0 bridgehead atoms. The van der Waals surface area contributed by atoms with Gasteiger partial charge in [-0.05, 0) is 29.8 Å². The summed E-state index contributed by atoms with van der Waals surface area (Å²) in [7, 11) is 0. The van der Waals surface area contributed by atoms with Crippen molar-refractivity contribution in [2.24, 2.45) is 0 Å².